The van der Waals surface area contributed by atoms with E-state index in [9.17, 15) is 0 Å². The molecule has 0 saturated heterocycles. The van der Waals surface area contributed by atoms with Gasteiger partial charge < -0.3 is 4.57 Å². The lowest BCUT2D eigenvalue weighted by atomic mass is 10.0. The average molecular weight is 715 g/mol. The van der Waals surface area contributed by atoms with Crippen LogP contribution in [0.25, 0.3) is 100 Å². The first-order valence-electron chi connectivity index (χ1n) is 19.0. The molecule has 4 nitrogen and oxygen atoms in total. The highest BCUT2D eigenvalue weighted by atomic mass is 15.2. The van der Waals surface area contributed by atoms with Gasteiger partial charge in [0.1, 0.15) is 0 Å². The molecule has 0 saturated carbocycles. The smallest absolute Gasteiger partial charge is 0.235 e. The SMILES string of the molecule is c1ccc(-c2ccc(-c3ccc(-n4c5ccccc5c5ccc6c7ccccc7n(-c7nc(-c8ccccc8)cc(-c8ccccc8)n7)c6c54)cc3)cc2)cc1. The molecule has 0 fully saturated rings. The molecule has 0 radical (unpaired) electrons. The first-order valence-corrected chi connectivity index (χ1v) is 19.0. The summed E-state index contributed by atoms with van der Waals surface area (Å²) in [5, 5.41) is 4.69. The molecule has 56 heavy (non-hydrogen) atoms. The predicted molar refractivity (Wildman–Crippen MR) is 232 cm³/mol. The quantitative estimate of drug-likeness (QED) is 0.172. The summed E-state index contributed by atoms with van der Waals surface area (Å²) in [6.45, 7) is 0. The zero-order valence-electron chi connectivity index (χ0n) is 30.4. The van der Waals surface area contributed by atoms with Crippen LogP contribution in [-0.4, -0.2) is 19.1 Å². The summed E-state index contributed by atoms with van der Waals surface area (Å²) in [6, 6.07) is 73.1. The average Bonchev–Trinajstić information content (AvgIpc) is 3.80. The number of hydrogen-bond acceptors (Lipinski definition) is 2. The fraction of sp³-hybridized carbons (Fsp3) is 0. The Balaban J connectivity index is 1.16. The van der Waals surface area contributed by atoms with Gasteiger partial charge in [0.15, 0.2) is 0 Å². The van der Waals surface area contributed by atoms with Crippen LogP contribution in [0, 0.1) is 0 Å². The summed E-state index contributed by atoms with van der Waals surface area (Å²) in [5.74, 6) is 0.634. The molecule has 8 aromatic carbocycles. The lowest BCUT2D eigenvalue weighted by molar-refractivity contribution is 0.995. The Morgan fingerprint density at radius 2 is 0.661 bits per heavy atom. The highest BCUT2D eigenvalue weighted by Gasteiger charge is 2.23. The van der Waals surface area contributed by atoms with E-state index in [1.807, 2.05) is 12.1 Å². The second kappa shape index (κ2) is 13.1. The van der Waals surface area contributed by atoms with Crippen LogP contribution < -0.4 is 0 Å². The van der Waals surface area contributed by atoms with Crippen molar-refractivity contribution in [3.8, 4) is 56.4 Å². The Kier molecular flexibility index (Phi) is 7.46. The van der Waals surface area contributed by atoms with Crippen molar-refractivity contribution in [3.05, 3.63) is 206 Å². The molecular weight excluding hydrogens is 681 g/mol. The van der Waals surface area contributed by atoms with Gasteiger partial charge in [-0.15, -0.1) is 0 Å². The number of para-hydroxylation sites is 2. The van der Waals surface area contributed by atoms with Crippen LogP contribution in [0.15, 0.2) is 206 Å². The fourth-order valence-electron chi connectivity index (χ4n) is 8.31. The molecule has 0 bridgehead atoms. The molecule has 11 aromatic rings. The minimum Gasteiger partial charge on any atom is -0.307 e. The van der Waals surface area contributed by atoms with Crippen LogP contribution in [-0.2, 0) is 0 Å². The second-order valence-electron chi connectivity index (χ2n) is 14.2. The Labute approximate surface area is 324 Å². The summed E-state index contributed by atoms with van der Waals surface area (Å²) in [4.78, 5) is 10.7. The highest BCUT2D eigenvalue weighted by molar-refractivity contribution is 6.23. The monoisotopic (exact) mass is 714 g/mol. The van der Waals surface area contributed by atoms with Gasteiger partial charge in [0.2, 0.25) is 5.95 Å². The normalized spacial score (nSPS) is 11.6. The van der Waals surface area contributed by atoms with Crippen LogP contribution in [0.5, 0.6) is 0 Å². The van der Waals surface area contributed by atoms with Gasteiger partial charge in [-0.25, -0.2) is 9.97 Å². The Hall–Kier alpha value is -7.56. The Bertz CT molecular complexity index is 3140. The third-order valence-electron chi connectivity index (χ3n) is 11.0. The number of benzene rings is 8. The Morgan fingerprint density at radius 3 is 1.16 bits per heavy atom. The Morgan fingerprint density at radius 1 is 0.286 bits per heavy atom. The molecule has 11 rings (SSSR count). The molecule has 4 heteroatoms. The maximum Gasteiger partial charge on any atom is 0.235 e. The largest absolute Gasteiger partial charge is 0.307 e. The van der Waals surface area contributed by atoms with Crippen LogP contribution in [0.2, 0.25) is 0 Å². The number of hydrogen-bond donors (Lipinski definition) is 0. The van der Waals surface area contributed by atoms with Gasteiger partial charge in [-0.1, -0.05) is 176 Å². The van der Waals surface area contributed by atoms with Gasteiger partial charge in [0.25, 0.3) is 0 Å². The summed E-state index contributed by atoms with van der Waals surface area (Å²) >= 11 is 0. The molecule has 0 spiro atoms. The minimum atomic E-state index is 0.634. The molecule has 0 N–H and O–H groups in total. The number of rotatable bonds is 6. The fourth-order valence-corrected chi connectivity index (χ4v) is 8.31. The summed E-state index contributed by atoms with van der Waals surface area (Å²) in [5.41, 5.74) is 14.1. The van der Waals surface area contributed by atoms with Crippen molar-refractivity contribution < 1.29 is 0 Å². The molecule has 0 atom stereocenters. The molecular formula is C52H34N4. The highest BCUT2D eigenvalue weighted by Crippen LogP contribution is 2.42. The van der Waals surface area contributed by atoms with Gasteiger partial charge in [-0.2, -0.15) is 0 Å². The van der Waals surface area contributed by atoms with Crippen molar-refractivity contribution in [1.82, 2.24) is 19.1 Å². The number of aromatic nitrogens is 4. The van der Waals surface area contributed by atoms with E-state index in [1.54, 1.807) is 0 Å². The molecule has 0 aliphatic heterocycles. The zero-order chi connectivity index (χ0) is 37.0. The van der Waals surface area contributed by atoms with Crippen molar-refractivity contribution in [2.45, 2.75) is 0 Å². The first kappa shape index (κ1) is 31.9. The maximum absolute atomic E-state index is 5.35. The first-order chi connectivity index (χ1) is 27.8. The van der Waals surface area contributed by atoms with E-state index in [2.05, 4.69) is 203 Å². The van der Waals surface area contributed by atoms with Gasteiger partial charge in [-0.3, -0.25) is 4.57 Å². The van der Waals surface area contributed by atoms with E-state index in [-0.39, 0.29) is 0 Å². The summed E-state index contributed by atoms with van der Waals surface area (Å²) in [7, 11) is 0. The molecule has 0 amide bonds. The second-order valence-corrected chi connectivity index (χ2v) is 14.2. The molecule has 262 valence electrons. The standard InChI is InChI=1S/C52H34N4/c1-4-14-35(15-5-1)36-24-26-37(27-25-36)38-28-30-41(31-29-38)55-48-22-12-10-20-42(48)44-32-33-45-43-21-11-13-23-49(43)56(51(45)50(44)55)52-53-46(39-16-6-2-7-17-39)34-47(54-52)40-18-8-3-9-19-40/h1-34H. The van der Waals surface area contributed by atoms with Crippen LogP contribution in [0.3, 0.4) is 0 Å². The van der Waals surface area contributed by atoms with E-state index in [0.29, 0.717) is 5.95 Å². The van der Waals surface area contributed by atoms with Gasteiger partial charge >= 0.3 is 0 Å². The van der Waals surface area contributed by atoms with Crippen LogP contribution >= 0.6 is 0 Å². The van der Waals surface area contributed by atoms with E-state index < -0.39 is 0 Å². The topological polar surface area (TPSA) is 35.6 Å². The molecule has 3 heterocycles. The number of nitrogens with zero attached hydrogens (tertiary/aromatic N) is 4. The van der Waals surface area contributed by atoms with Gasteiger partial charge in [-0.05, 0) is 52.6 Å². The lowest BCUT2D eigenvalue weighted by Gasteiger charge is -2.14. The third kappa shape index (κ3) is 5.23. The van der Waals surface area contributed by atoms with E-state index in [4.69, 9.17) is 9.97 Å². The van der Waals surface area contributed by atoms with E-state index >= 15 is 0 Å². The minimum absolute atomic E-state index is 0.634. The van der Waals surface area contributed by atoms with Crippen molar-refractivity contribution >= 4 is 43.6 Å². The molecule has 0 unspecified atom stereocenters. The molecule has 3 aromatic heterocycles. The molecule has 0 aliphatic carbocycles. The van der Waals surface area contributed by atoms with Gasteiger partial charge in [0, 0.05) is 38.4 Å². The maximum atomic E-state index is 5.35. The van der Waals surface area contributed by atoms with Crippen molar-refractivity contribution in [3.63, 3.8) is 0 Å². The molecule has 0 aliphatic rings. The van der Waals surface area contributed by atoms with Crippen molar-refractivity contribution in [2.75, 3.05) is 0 Å². The van der Waals surface area contributed by atoms with E-state index in [0.717, 1.165) is 61.0 Å². The van der Waals surface area contributed by atoms with Crippen molar-refractivity contribution in [1.29, 1.82) is 0 Å². The third-order valence-corrected chi connectivity index (χ3v) is 11.0. The van der Waals surface area contributed by atoms with E-state index in [1.165, 1.54) is 33.0 Å². The summed E-state index contributed by atoms with van der Waals surface area (Å²) in [6.07, 6.45) is 0. The predicted octanol–water partition coefficient (Wildman–Crippen LogP) is 13.3. The summed E-state index contributed by atoms with van der Waals surface area (Å²) < 4.78 is 4.70. The van der Waals surface area contributed by atoms with Gasteiger partial charge in [0.05, 0.1) is 33.5 Å². The number of fused-ring (bicyclic) bond motifs is 7. The lowest BCUT2D eigenvalue weighted by Crippen LogP contribution is -2.05. The zero-order valence-corrected chi connectivity index (χ0v) is 30.4. The van der Waals surface area contributed by atoms with Crippen molar-refractivity contribution in [2.24, 2.45) is 0 Å². The van der Waals surface area contributed by atoms with Crippen LogP contribution in [0.4, 0.5) is 0 Å². The van der Waals surface area contributed by atoms with Crippen LogP contribution in [0.1, 0.15) is 0 Å².